The van der Waals surface area contributed by atoms with Crippen LogP contribution in [0.15, 0.2) is 24.5 Å². The monoisotopic (exact) mass is 258 g/mol. The summed E-state index contributed by atoms with van der Waals surface area (Å²) < 4.78 is 2.04. The normalized spacial score (nSPS) is 21.7. The van der Waals surface area contributed by atoms with Crippen molar-refractivity contribution in [3.8, 4) is 0 Å². The zero-order valence-corrected chi connectivity index (χ0v) is 11.5. The Bertz CT molecular complexity index is 554. The number of aryl methyl sites for hydroxylation is 1. The molecule has 1 aliphatic heterocycles. The van der Waals surface area contributed by atoms with Gasteiger partial charge in [0.1, 0.15) is 0 Å². The summed E-state index contributed by atoms with van der Waals surface area (Å²) in [4.78, 5) is 4.40. The van der Waals surface area contributed by atoms with E-state index in [0.717, 1.165) is 24.0 Å². The molecule has 2 atom stereocenters. The quantitative estimate of drug-likeness (QED) is 0.886. The third-order valence-corrected chi connectivity index (χ3v) is 4.13. The molecule has 2 unspecified atom stereocenters. The van der Waals surface area contributed by atoms with Gasteiger partial charge in [-0.2, -0.15) is 0 Å². The van der Waals surface area contributed by atoms with Crippen LogP contribution in [0.4, 0.5) is 0 Å². The van der Waals surface area contributed by atoms with E-state index in [1.807, 2.05) is 17.9 Å². The summed E-state index contributed by atoms with van der Waals surface area (Å²) in [5.41, 5.74) is 9.74. The highest BCUT2D eigenvalue weighted by Gasteiger charge is 2.17. The summed E-state index contributed by atoms with van der Waals surface area (Å²) >= 11 is 0. The lowest BCUT2D eigenvalue weighted by Crippen LogP contribution is -2.36. The molecule has 0 aliphatic carbocycles. The second-order valence-corrected chi connectivity index (χ2v) is 5.59. The number of hydrogen-bond acceptors (Lipinski definition) is 3. The lowest BCUT2D eigenvalue weighted by atomic mass is 9.94. The molecule has 102 valence electrons. The number of aromatic nitrogens is 2. The first-order valence-electron chi connectivity index (χ1n) is 7.14. The van der Waals surface area contributed by atoms with Crippen LogP contribution in [-0.4, -0.2) is 22.1 Å². The molecular formula is C15H22N4. The predicted molar refractivity (Wildman–Crippen MR) is 77.9 cm³/mol. The van der Waals surface area contributed by atoms with Gasteiger partial charge in [-0.25, -0.2) is 4.98 Å². The molecule has 4 nitrogen and oxygen atoms in total. The standard InChI is InChI=1S/C15H22N4/c1-19-10-18-14-8-11(5-6-15(14)19)13(16)9-12-4-2-3-7-17-12/h5-6,8,10,12-13,17H,2-4,7,9,16H2,1H3. The smallest absolute Gasteiger partial charge is 0.0955 e. The van der Waals surface area contributed by atoms with Crippen LogP contribution in [0, 0.1) is 0 Å². The van der Waals surface area contributed by atoms with Crippen molar-refractivity contribution in [3.63, 3.8) is 0 Å². The molecule has 0 radical (unpaired) electrons. The van der Waals surface area contributed by atoms with E-state index in [1.165, 1.54) is 24.8 Å². The minimum Gasteiger partial charge on any atom is -0.334 e. The summed E-state index contributed by atoms with van der Waals surface area (Å²) in [5, 5.41) is 3.56. The highest BCUT2D eigenvalue weighted by Crippen LogP contribution is 2.23. The summed E-state index contributed by atoms with van der Waals surface area (Å²) in [5.74, 6) is 0. The second-order valence-electron chi connectivity index (χ2n) is 5.59. The van der Waals surface area contributed by atoms with Crippen LogP contribution in [0.1, 0.15) is 37.3 Å². The van der Waals surface area contributed by atoms with Gasteiger partial charge < -0.3 is 15.6 Å². The molecule has 0 spiro atoms. The van der Waals surface area contributed by atoms with Crippen LogP contribution in [-0.2, 0) is 7.05 Å². The van der Waals surface area contributed by atoms with Gasteiger partial charge >= 0.3 is 0 Å². The molecule has 2 aromatic rings. The van der Waals surface area contributed by atoms with E-state index < -0.39 is 0 Å². The molecule has 3 rings (SSSR count). The van der Waals surface area contributed by atoms with Gasteiger partial charge in [0.25, 0.3) is 0 Å². The SMILES string of the molecule is Cn1cnc2cc(C(N)CC3CCCCN3)ccc21. The number of nitrogens with zero attached hydrogens (tertiary/aromatic N) is 2. The average molecular weight is 258 g/mol. The van der Waals surface area contributed by atoms with Gasteiger partial charge in [-0.1, -0.05) is 12.5 Å². The van der Waals surface area contributed by atoms with Crippen LogP contribution >= 0.6 is 0 Å². The van der Waals surface area contributed by atoms with Crippen molar-refractivity contribution in [1.82, 2.24) is 14.9 Å². The van der Waals surface area contributed by atoms with E-state index in [9.17, 15) is 0 Å². The molecule has 0 saturated carbocycles. The number of hydrogen-bond donors (Lipinski definition) is 2. The largest absolute Gasteiger partial charge is 0.334 e. The van der Waals surface area contributed by atoms with Crippen molar-refractivity contribution >= 4 is 11.0 Å². The van der Waals surface area contributed by atoms with Crippen LogP contribution < -0.4 is 11.1 Å². The fourth-order valence-electron chi connectivity index (χ4n) is 2.95. The average Bonchev–Trinajstić information content (AvgIpc) is 2.81. The Hall–Kier alpha value is -1.39. The predicted octanol–water partition coefficient (Wildman–Crippen LogP) is 2.11. The summed E-state index contributed by atoms with van der Waals surface area (Å²) in [6, 6.07) is 7.05. The fourth-order valence-corrected chi connectivity index (χ4v) is 2.95. The van der Waals surface area contributed by atoms with Gasteiger partial charge in [-0.15, -0.1) is 0 Å². The first kappa shape index (κ1) is 12.6. The number of rotatable bonds is 3. The zero-order chi connectivity index (χ0) is 13.2. The second kappa shape index (κ2) is 5.31. The Kier molecular flexibility index (Phi) is 3.53. The minimum absolute atomic E-state index is 0.0991. The molecule has 4 heteroatoms. The van der Waals surface area contributed by atoms with E-state index in [1.54, 1.807) is 0 Å². The zero-order valence-electron chi connectivity index (χ0n) is 11.5. The number of benzene rings is 1. The van der Waals surface area contributed by atoms with E-state index in [2.05, 4.69) is 28.5 Å². The highest BCUT2D eigenvalue weighted by molar-refractivity contribution is 5.76. The number of nitrogens with one attached hydrogen (secondary N) is 1. The van der Waals surface area contributed by atoms with Crippen molar-refractivity contribution in [1.29, 1.82) is 0 Å². The van der Waals surface area contributed by atoms with Crippen molar-refractivity contribution < 1.29 is 0 Å². The summed E-state index contributed by atoms with van der Waals surface area (Å²) in [6.45, 7) is 1.14. The number of imidazole rings is 1. The first-order valence-corrected chi connectivity index (χ1v) is 7.14. The van der Waals surface area contributed by atoms with E-state index in [-0.39, 0.29) is 6.04 Å². The fraction of sp³-hybridized carbons (Fsp3) is 0.533. The highest BCUT2D eigenvalue weighted by atomic mass is 15.0. The third-order valence-electron chi connectivity index (χ3n) is 4.13. The number of fused-ring (bicyclic) bond motifs is 1. The van der Waals surface area contributed by atoms with E-state index >= 15 is 0 Å². The van der Waals surface area contributed by atoms with Crippen LogP contribution in [0.2, 0.25) is 0 Å². The molecule has 1 saturated heterocycles. The maximum Gasteiger partial charge on any atom is 0.0955 e. The molecule has 1 aromatic heterocycles. The van der Waals surface area contributed by atoms with Crippen LogP contribution in [0.25, 0.3) is 11.0 Å². The number of piperidine rings is 1. The Balaban J connectivity index is 1.75. The molecule has 1 aliphatic rings. The Morgan fingerprint density at radius 3 is 3.16 bits per heavy atom. The van der Waals surface area contributed by atoms with Gasteiger partial charge in [0.2, 0.25) is 0 Å². The Labute approximate surface area is 114 Å². The van der Waals surface area contributed by atoms with Gasteiger partial charge in [0.05, 0.1) is 17.4 Å². The number of nitrogens with two attached hydrogens (primary N) is 1. The molecule has 1 aromatic carbocycles. The maximum absolute atomic E-state index is 6.35. The molecule has 1 fully saturated rings. The first-order chi connectivity index (χ1) is 9.24. The van der Waals surface area contributed by atoms with Crippen LogP contribution in [0.5, 0.6) is 0 Å². The lowest BCUT2D eigenvalue weighted by molar-refractivity contribution is 0.362. The van der Waals surface area contributed by atoms with Gasteiger partial charge in [0, 0.05) is 19.1 Å². The molecule has 0 amide bonds. The van der Waals surface area contributed by atoms with Crippen molar-refractivity contribution in [2.75, 3.05) is 6.54 Å². The van der Waals surface area contributed by atoms with Crippen molar-refractivity contribution in [2.24, 2.45) is 12.8 Å². The molecule has 19 heavy (non-hydrogen) atoms. The molecule has 0 bridgehead atoms. The Morgan fingerprint density at radius 1 is 1.47 bits per heavy atom. The van der Waals surface area contributed by atoms with Crippen LogP contribution in [0.3, 0.4) is 0 Å². The van der Waals surface area contributed by atoms with Gasteiger partial charge in [-0.05, 0) is 43.5 Å². The molecular weight excluding hydrogens is 236 g/mol. The molecule has 3 N–H and O–H groups in total. The third kappa shape index (κ3) is 2.65. The lowest BCUT2D eigenvalue weighted by Gasteiger charge is -2.26. The van der Waals surface area contributed by atoms with Gasteiger partial charge in [0.15, 0.2) is 0 Å². The summed E-state index contributed by atoms with van der Waals surface area (Å²) in [7, 11) is 2.01. The van der Waals surface area contributed by atoms with E-state index in [0.29, 0.717) is 6.04 Å². The summed E-state index contributed by atoms with van der Waals surface area (Å²) in [6.07, 6.45) is 6.73. The van der Waals surface area contributed by atoms with E-state index in [4.69, 9.17) is 5.73 Å². The van der Waals surface area contributed by atoms with Crippen molar-refractivity contribution in [2.45, 2.75) is 37.8 Å². The Morgan fingerprint density at radius 2 is 2.37 bits per heavy atom. The topological polar surface area (TPSA) is 55.9 Å². The maximum atomic E-state index is 6.35. The molecule has 2 heterocycles. The van der Waals surface area contributed by atoms with Crippen molar-refractivity contribution in [3.05, 3.63) is 30.1 Å². The minimum atomic E-state index is 0.0991. The van der Waals surface area contributed by atoms with Gasteiger partial charge in [-0.3, -0.25) is 0 Å².